The molecule has 0 saturated heterocycles. The van der Waals surface area contributed by atoms with E-state index in [4.69, 9.17) is 11.0 Å². The predicted octanol–water partition coefficient (Wildman–Crippen LogP) is 1.98. The number of halogens is 3. The molecule has 0 spiro atoms. The van der Waals surface area contributed by atoms with Crippen molar-refractivity contribution in [2.45, 2.75) is 13.1 Å². The van der Waals surface area contributed by atoms with Gasteiger partial charge in [0.25, 0.3) is 0 Å². The summed E-state index contributed by atoms with van der Waals surface area (Å²) in [6.07, 6.45) is -4.66. The van der Waals surface area contributed by atoms with Crippen molar-refractivity contribution in [1.82, 2.24) is 0 Å². The quantitative estimate of drug-likeness (QED) is 0.798. The van der Waals surface area contributed by atoms with Gasteiger partial charge in [0.05, 0.1) is 22.8 Å². The van der Waals surface area contributed by atoms with Gasteiger partial charge >= 0.3 is 6.18 Å². The van der Waals surface area contributed by atoms with Gasteiger partial charge in [0.15, 0.2) is 0 Å². The highest BCUT2D eigenvalue weighted by atomic mass is 19.4. The number of nitriles is 1. The van der Waals surface area contributed by atoms with Crippen LogP contribution in [-0.2, 0) is 6.18 Å². The SMILES string of the molecule is Cc1c(C#N)ccc(C(F)(F)F)c1C(N)=O. The molecular formula is C10H7F3N2O. The molecule has 0 atom stereocenters. The summed E-state index contributed by atoms with van der Waals surface area (Å²) >= 11 is 0. The Balaban J connectivity index is 3.62. The minimum absolute atomic E-state index is 0.00167. The molecule has 0 radical (unpaired) electrons. The number of amides is 1. The number of carbonyl (C=O) groups excluding carboxylic acids is 1. The van der Waals surface area contributed by atoms with Crippen LogP contribution >= 0.6 is 0 Å². The Morgan fingerprint density at radius 1 is 1.44 bits per heavy atom. The summed E-state index contributed by atoms with van der Waals surface area (Å²) in [6.45, 7) is 1.26. The third-order valence-corrected chi connectivity index (χ3v) is 2.14. The fraction of sp³-hybridized carbons (Fsp3) is 0.200. The average Bonchev–Trinajstić information content (AvgIpc) is 2.15. The van der Waals surface area contributed by atoms with Crippen LogP contribution in [0.4, 0.5) is 13.2 Å². The zero-order valence-corrected chi connectivity index (χ0v) is 8.22. The first kappa shape index (κ1) is 12.0. The number of nitrogens with zero attached hydrogens (tertiary/aromatic N) is 1. The first-order chi connectivity index (χ1) is 7.29. The van der Waals surface area contributed by atoms with Crippen LogP contribution in [-0.4, -0.2) is 5.91 Å². The number of nitrogens with two attached hydrogens (primary N) is 1. The number of carbonyl (C=O) groups is 1. The highest BCUT2D eigenvalue weighted by Crippen LogP contribution is 2.33. The van der Waals surface area contributed by atoms with E-state index in [1.54, 1.807) is 6.07 Å². The Hall–Kier alpha value is -2.03. The second-order valence-corrected chi connectivity index (χ2v) is 3.13. The van der Waals surface area contributed by atoms with Gasteiger partial charge in [-0.05, 0) is 24.6 Å². The Morgan fingerprint density at radius 2 is 2.00 bits per heavy atom. The van der Waals surface area contributed by atoms with E-state index in [1.165, 1.54) is 6.92 Å². The van der Waals surface area contributed by atoms with Gasteiger partial charge in [-0.25, -0.2) is 0 Å². The van der Waals surface area contributed by atoms with Crippen molar-refractivity contribution in [3.05, 3.63) is 34.4 Å². The van der Waals surface area contributed by atoms with Crippen molar-refractivity contribution < 1.29 is 18.0 Å². The molecule has 84 valence electrons. The average molecular weight is 228 g/mol. The number of rotatable bonds is 1. The van der Waals surface area contributed by atoms with Crippen LogP contribution in [0.25, 0.3) is 0 Å². The predicted molar refractivity (Wildman–Crippen MR) is 49.4 cm³/mol. The van der Waals surface area contributed by atoms with E-state index in [9.17, 15) is 18.0 Å². The Kier molecular flexibility index (Phi) is 2.90. The maximum absolute atomic E-state index is 12.5. The van der Waals surface area contributed by atoms with E-state index in [2.05, 4.69) is 0 Å². The van der Waals surface area contributed by atoms with Gasteiger partial charge in [0.1, 0.15) is 0 Å². The molecule has 1 aromatic carbocycles. The third-order valence-electron chi connectivity index (χ3n) is 2.14. The van der Waals surface area contributed by atoms with Gasteiger partial charge in [-0.1, -0.05) is 0 Å². The van der Waals surface area contributed by atoms with Crippen LogP contribution in [0, 0.1) is 18.3 Å². The zero-order chi connectivity index (χ0) is 12.5. The van der Waals surface area contributed by atoms with Gasteiger partial charge in [0, 0.05) is 0 Å². The molecule has 0 heterocycles. The molecule has 0 aliphatic rings. The first-order valence-corrected chi connectivity index (χ1v) is 4.19. The van der Waals surface area contributed by atoms with Crippen molar-refractivity contribution in [1.29, 1.82) is 5.26 Å². The van der Waals surface area contributed by atoms with Crippen LogP contribution in [0.15, 0.2) is 12.1 Å². The number of hydrogen-bond acceptors (Lipinski definition) is 2. The van der Waals surface area contributed by atoms with E-state index in [-0.39, 0.29) is 11.1 Å². The number of hydrogen-bond donors (Lipinski definition) is 1. The van der Waals surface area contributed by atoms with Gasteiger partial charge in [0.2, 0.25) is 5.91 Å². The molecule has 0 bridgehead atoms. The molecule has 2 N–H and O–H groups in total. The van der Waals surface area contributed by atoms with Crippen LogP contribution < -0.4 is 5.73 Å². The maximum atomic E-state index is 12.5. The van der Waals surface area contributed by atoms with E-state index < -0.39 is 23.2 Å². The van der Waals surface area contributed by atoms with Crippen molar-refractivity contribution in [2.75, 3.05) is 0 Å². The molecule has 0 fully saturated rings. The van der Waals surface area contributed by atoms with Crippen molar-refractivity contribution in [2.24, 2.45) is 5.73 Å². The summed E-state index contributed by atoms with van der Waals surface area (Å²) in [5.41, 5.74) is 3.08. The monoisotopic (exact) mass is 228 g/mol. The van der Waals surface area contributed by atoms with Crippen molar-refractivity contribution >= 4 is 5.91 Å². The first-order valence-electron chi connectivity index (χ1n) is 4.19. The van der Waals surface area contributed by atoms with E-state index in [0.717, 1.165) is 6.07 Å². The highest BCUT2D eigenvalue weighted by Gasteiger charge is 2.35. The molecule has 6 heteroatoms. The molecule has 0 aliphatic heterocycles. The minimum atomic E-state index is -4.66. The lowest BCUT2D eigenvalue weighted by Gasteiger charge is -2.13. The van der Waals surface area contributed by atoms with Crippen LogP contribution in [0.1, 0.15) is 27.0 Å². The maximum Gasteiger partial charge on any atom is 0.417 e. The molecule has 16 heavy (non-hydrogen) atoms. The summed E-state index contributed by atoms with van der Waals surface area (Å²) in [6, 6.07) is 3.40. The Labute approximate surface area is 89.3 Å². The summed E-state index contributed by atoms with van der Waals surface area (Å²) < 4.78 is 37.6. The van der Waals surface area contributed by atoms with E-state index >= 15 is 0 Å². The molecule has 0 aliphatic carbocycles. The minimum Gasteiger partial charge on any atom is -0.366 e. The van der Waals surface area contributed by atoms with Gasteiger partial charge in [-0.15, -0.1) is 0 Å². The van der Waals surface area contributed by atoms with Crippen LogP contribution in [0.2, 0.25) is 0 Å². The summed E-state index contributed by atoms with van der Waals surface area (Å²) in [4.78, 5) is 11.0. The summed E-state index contributed by atoms with van der Waals surface area (Å²) in [5, 5.41) is 8.63. The zero-order valence-electron chi connectivity index (χ0n) is 8.22. The fourth-order valence-corrected chi connectivity index (χ4v) is 1.39. The largest absolute Gasteiger partial charge is 0.417 e. The fourth-order valence-electron chi connectivity index (χ4n) is 1.39. The molecule has 1 aromatic rings. The second-order valence-electron chi connectivity index (χ2n) is 3.13. The summed E-state index contributed by atoms with van der Waals surface area (Å²) in [7, 11) is 0. The smallest absolute Gasteiger partial charge is 0.366 e. The molecule has 1 rings (SSSR count). The lowest BCUT2D eigenvalue weighted by Crippen LogP contribution is -2.20. The van der Waals surface area contributed by atoms with Crippen LogP contribution in [0.5, 0.6) is 0 Å². The van der Waals surface area contributed by atoms with E-state index in [1.807, 2.05) is 0 Å². The lowest BCUT2D eigenvalue weighted by atomic mass is 9.96. The molecule has 0 aromatic heterocycles. The van der Waals surface area contributed by atoms with Gasteiger partial charge in [-0.3, -0.25) is 4.79 Å². The molecular weight excluding hydrogens is 221 g/mol. The Bertz CT molecular complexity index is 486. The number of primary amides is 1. The van der Waals surface area contributed by atoms with Crippen molar-refractivity contribution in [3.8, 4) is 6.07 Å². The number of alkyl halides is 3. The number of benzene rings is 1. The highest BCUT2D eigenvalue weighted by molar-refractivity contribution is 5.96. The Morgan fingerprint density at radius 3 is 2.38 bits per heavy atom. The second kappa shape index (κ2) is 3.85. The summed E-state index contributed by atoms with van der Waals surface area (Å²) in [5.74, 6) is -1.19. The van der Waals surface area contributed by atoms with Gasteiger partial charge in [-0.2, -0.15) is 18.4 Å². The third kappa shape index (κ3) is 1.98. The molecule has 3 nitrogen and oxygen atoms in total. The molecule has 0 saturated carbocycles. The molecule has 0 unspecified atom stereocenters. The lowest BCUT2D eigenvalue weighted by molar-refractivity contribution is -0.138. The standard InChI is InChI=1S/C10H7F3N2O/c1-5-6(4-14)2-3-7(10(11,12)13)8(5)9(15)16/h2-3H,1H3,(H2,15,16). The van der Waals surface area contributed by atoms with Gasteiger partial charge < -0.3 is 5.73 Å². The van der Waals surface area contributed by atoms with Crippen LogP contribution in [0.3, 0.4) is 0 Å². The molecule has 1 amide bonds. The topological polar surface area (TPSA) is 66.9 Å². The van der Waals surface area contributed by atoms with Crippen molar-refractivity contribution in [3.63, 3.8) is 0 Å². The van der Waals surface area contributed by atoms with E-state index in [0.29, 0.717) is 6.07 Å². The normalized spacial score (nSPS) is 10.9.